The van der Waals surface area contributed by atoms with E-state index in [2.05, 4.69) is 5.32 Å². The summed E-state index contributed by atoms with van der Waals surface area (Å²) < 4.78 is 39.1. The molecule has 0 aromatic heterocycles. The maximum atomic E-state index is 11.1. The van der Waals surface area contributed by atoms with Gasteiger partial charge >= 0.3 is 0 Å². The lowest BCUT2D eigenvalue weighted by atomic mass is 9.95. The zero-order valence-corrected chi connectivity index (χ0v) is 13.6. The summed E-state index contributed by atoms with van der Waals surface area (Å²) in [6.07, 6.45) is 11.1. The molecule has 2 saturated carbocycles. The van der Waals surface area contributed by atoms with Gasteiger partial charge in [0.05, 0.1) is 28.1 Å². The molecular formula is C15H28NO4S-. The predicted octanol–water partition coefficient (Wildman–Crippen LogP) is 2.17. The van der Waals surface area contributed by atoms with E-state index in [0.717, 1.165) is 38.5 Å². The van der Waals surface area contributed by atoms with E-state index in [1.165, 1.54) is 25.7 Å². The molecule has 0 aromatic rings. The summed E-state index contributed by atoms with van der Waals surface area (Å²) in [4.78, 5) is 0. The fourth-order valence-corrected chi connectivity index (χ4v) is 4.10. The van der Waals surface area contributed by atoms with Crippen LogP contribution in [0.1, 0.15) is 64.2 Å². The number of nitrogens with one attached hydrogen (secondary N) is 1. The van der Waals surface area contributed by atoms with Crippen molar-refractivity contribution < 1.29 is 17.7 Å². The molecule has 2 fully saturated rings. The van der Waals surface area contributed by atoms with Gasteiger partial charge < -0.3 is 14.6 Å². The lowest BCUT2D eigenvalue weighted by Crippen LogP contribution is -2.42. The zero-order valence-electron chi connectivity index (χ0n) is 12.8. The molecule has 124 valence electrons. The molecule has 1 unspecified atom stereocenters. The first-order valence-electron chi connectivity index (χ1n) is 8.35. The fourth-order valence-electron chi connectivity index (χ4n) is 3.45. The van der Waals surface area contributed by atoms with Crippen molar-refractivity contribution in [2.75, 3.05) is 12.3 Å². The molecule has 2 aliphatic carbocycles. The summed E-state index contributed by atoms with van der Waals surface area (Å²) >= 11 is 0. The van der Waals surface area contributed by atoms with Gasteiger partial charge in [-0.05, 0) is 25.7 Å². The van der Waals surface area contributed by atoms with Crippen molar-refractivity contribution in [3.63, 3.8) is 0 Å². The first-order chi connectivity index (χ1) is 10.0. The van der Waals surface area contributed by atoms with Gasteiger partial charge in [-0.15, -0.1) is 0 Å². The van der Waals surface area contributed by atoms with E-state index in [9.17, 15) is 13.0 Å². The molecule has 0 bridgehead atoms. The third kappa shape index (κ3) is 7.08. The van der Waals surface area contributed by atoms with Crippen molar-refractivity contribution in [2.45, 2.75) is 82.5 Å². The second kappa shape index (κ2) is 8.46. The molecule has 1 atom stereocenters. The summed E-state index contributed by atoms with van der Waals surface area (Å²) in [5.41, 5.74) is 0. The quantitative estimate of drug-likeness (QED) is 0.728. The molecule has 0 heterocycles. The summed E-state index contributed by atoms with van der Waals surface area (Å²) in [6.45, 7) is 0.475. The van der Waals surface area contributed by atoms with E-state index in [-0.39, 0.29) is 6.10 Å². The Bertz CT molecular complexity index is 386. The van der Waals surface area contributed by atoms with Crippen LogP contribution in [-0.2, 0) is 14.9 Å². The zero-order chi connectivity index (χ0) is 15.1. The van der Waals surface area contributed by atoms with Gasteiger partial charge in [-0.3, -0.25) is 0 Å². The van der Waals surface area contributed by atoms with Gasteiger partial charge in [-0.25, -0.2) is 8.42 Å². The number of ether oxygens (including phenoxy) is 1. The molecule has 0 spiro atoms. The SMILES string of the molecule is O=S(=O)([O-])CC(CNC1CCCCC1)OC1CCCCC1. The van der Waals surface area contributed by atoms with Gasteiger partial charge in [0.2, 0.25) is 0 Å². The average Bonchev–Trinajstić information content (AvgIpc) is 2.45. The fraction of sp³-hybridized carbons (Fsp3) is 1.00. The van der Waals surface area contributed by atoms with Crippen LogP contribution >= 0.6 is 0 Å². The number of hydrogen-bond acceptors (Lipinski definition) is 5. The van der Waals surface area contributed by atoms with E-state index in [4.69, 9.17) is 4.74 Å². The highest BCUT2D eigenvalue weighted by molar-refractivity contribution is 7.85. The van der Waals surface area contributed by atoms with Crippen LogP contribution in [0.4, 0.5) is 0 Å². The highest BCUT2D eigenvalue weighted by atomic mass is 32.2. The third-order valence-corrected chi connectivity index (χ3v) is 5.35. The molecule has 2 aliphatic rings. The molecule has 0 aliphatic heterocycles. The van der Waals surface area contributed by atoms with Gasteiger partial charge in [0, 0.05) is 12.6 Å². The topological polar surface area (TPSA) is 78.5 Å². The van der Waals surface area contributed by atoms with Crippen LogP contribution in [0.15, 0.2) is 0 Å². The smallest absolute Gasteiger partial charge is 0.0972 e. The number of hydrogen-bond donors (Lipinski definition) is 1. The number of rotatable bonds is 7. The van der Waals surface area contributed by atoms with E-state index >= 15 is 0 Å². The molecule has 0 saturated heterocycles. The normalized spacial score (nSPS) is 24.0. The van der Waals surface area contributed by atoms with E-state index in [0.29, 0.717) is 12.6 Å². The Morgan fingerprint density at radius 2 is 1.57 bits per heavy atom. The first kappa shape index (κ1) is 17.2. The van der Waals surface area contributed by atoms with Gasteiger partial charge in [-0.1, -0.05) is 38.5 Å². The standard InChI is InChI=1S/C15H29NO4S/c17-21(18,19)12-15(20-14-9-5-2-6-10-14)11-16-13-7-3-1-4-8-13/h13-16H,1-12H2,(H,17,18,19)/p-1. The second-order valence-corrected chi connectivity index (χ2v) is 7.93. The predicted molar refractivity (Wildman–Crippen MR) is 81.2 cm³/mol. The molecule has 2 rings (SSSR count). The summed E-state index contributed by atoms with van der Waals surface area (Å²) in [6, 6.07) is 0.450. The maximum Gasteiger partial charge on any atom is 0.0972 e. The molecular weight excluding hydrogens is 290 g/mol. The molecule has 0 aromatic carbocycles. The van der Waals surface area contributed by atoms with Gasteiger partial charge in [0.25, 0.3) is 0 Å². The third-order valence-electron chi connectivity index (χ3n) is 4.57. The lowest BCUT2D eigenvalue weighted by Gasteiger charge is -2.30. The molecule has 21 heavy (non-hydrogen) atoms. The van der Waals surface area contributed by atoms with E-state index in [1.807, 2.05) is 0 Å². The van der Waals surface area contributed by atoms with Crippen molar-refractivity contribution in [3.05, 3.63) is 0 Å². The van der Waals surface area contributed by atoms with Crippen LogP contribution < -0.4 is 5.32 Å². The summed E-state index contributed by atoms with van der Waals surface area (Å²) in [7, 11) is -4.24. The second-order valence-electron chi connectivity index (χ2n) is 6.49. The molecule has 0 radical (unpaired) electrons. The minimum atomic E-state index is -4.24. The molecule has 0 amide bonds. The van der Waals surface area contributed by atoms with Crippen molar-refractivity contribution in [1.29, 1.82) is 0 Å². The monoisotopic (exact) mass is 318 g/mol. The van der Waals surface area contributed by atoms with Crippen LogP contribution in [0.3, 0.4) is 0 Å². The first-order valence-corrected chi connectivity index (χ1v) is 9.93. The van der Waals surface area contributed by atoms with Gasteiger partial charge in [0.1, 0.15) is 0 Å². The van der Waals surface area contributed by atoms with Crippen LogP contribution in [0.5, 0.6) is 0 Å². The molecule has 6 heteroatoms. The summed E-state index contributed by atoms with van der Waals surface area (Å²) in [5.74, 6) is -0.413. The van der Waals surface area contributed by atoms with E-state index in [1.54, 1.807) is 0 Å². The Balaban J connectivity index is 1.81. The Kier molecular flexibility index (Phi) is 6.92. The molecule has 5 nitrogen and oxygen atoms in total. The minimum absolute atomic E-state index is 0.124. The Hall–Kier alpha value is -0.170. The molecule has 1 N–H and O–H groups in total. The van der Waals surface area contributed by atoms with Crippen LogP contribution in [0, 0.1) is 0 Å². The Labute approximate surface area is 128 Å². The Morgan fingerprint density at radius 3 is 2.14 bits per heavy atom. The summed E-state index contributed by atoms with van der Waals surface area (Å²) in [5, 5.41) is 3.41. The van der Waals surface area contributed by atoms with Crippen molar-refractivity contribution in [1.82, 2.24) is 5.32 Å². The highest BCUT2D eigenvalue weighted by Gasteiger charge is 2.22. The lowest BCUT2D eigenvalue weighted by molar-refractivity contribution is -0.0201. The minimum Gasteiger partial charge on any atom is -0.748 e. The van der Waals surface area contributed by atoms with Crippen molar-refractivity contribution in [3.8, 4) is 0 Å². The van der Waals surface area contributed by atoms with Crippen molar-refractivity contribution >= 4 is 10.1 Å². The van der Waals surface area contributed by atoms with Crippen LogP contribution in [0.25, 0.3) is 0 Å². The highest BCUT2D eigenvalue weighted by Crippen LogP contribution is 2.22. The van der Waals surface area contributed by atoms with E-state index < -0.39 is 22.0 Å². The van der Waals surface area contributed by atoms with Gasteiger partial charge in [-0.2, -0.15) is 0 Å². The average molecular weight is 318 g/mol. The maximum absolute atomic E-state index is 11.1. The van der Waals surface area contributed by atoms with Gasteiger partial charge in [0.15, 0.2) is 0 Å². The largest absolute Gasteiger partial charge is 0.748 e. The van der Waals surface area contributed by atoms with Crippen LogP contribution in [0.2, 0.25) is 0 Å². The van der Waals surface area contributed by atoms with Crippen molar-refractivity contribution in [2.24, 2.45) is 0 Å². The van der Waals surface area contributed by atoms with Crippen LogP contribution in [-0.4, -0.2) is 43.5 Å². The Morgan fingerprint density at radius 1 is 1.00 bits per heavy atom.